The van der Waals surface area contributed by atoms with E-state index in [9.17, 15) is 9.59 Å². The van der Waals surface area contributed by atoms with Gasteiger partial charge in [-0.15, -0.1) is 0 Å². The van der Waals surface area contributed by atoms with Crippen molar-refractivity contribution in [1.82, 2.24) is 5.32 Å². The number of carbonyl (C=O) groups excluding carboxylic acids is 2. The van der Waals surface area contributed by atoms with Crippen molar-refractivity contribution in [2.24, 2.45) is 5.73 Å². The zero-order chi connectivity index (χ0) is 12.7. The molecular formula is C12H20N2O3. The molecule has 0 aliphatic heterocycles. The first-order valence-electron chi connectivity index (χ1n) is 5.89. The molecule has 17 heavy (non-hydrogen) atoms. The molecule has 3 N–H and O–H groups in total. The van der Waals surface area contributed by atoms with Crippen molar-refractivity contribution in [1.29, 1.82) is 0 Å². The van der Waals surface area contributed by atoms with Crippen molar-refractivity contribution >= 4 is 11.8 Å². The first-order chi connectivity index (χ1) is 8.13. The smallest absolute Gasteiger partial charge is 0.242 e. The van der Waals surface area contributed by atoms with Crippen LogP contribution in [0.3, 0.4) is 0 Å². The number of nitrogens with two attached hydrogens (primary N) is 1. The molecule has 0 bridgehead atoms. The Morgan fingerprint density at radius 3 is 2.82 bits per heavy atom. The molecule has 0 radical (unpaired) electrons. The molecule has 1 rings (SSSR count). The van der Waals surface area contributed by atoms with Gasteiger partial charge in [0.05, 0.1) is 6.61 Å². The highest BCUT2D eigenvalue weighted by Gasteiger charge is 2.18. The largest absolute Gasteiger partial charge is 0.382 e. The van der Waals surface area contributed by atoms with Crippen molar-refractivity contribution in [3.05, 3.63) is 11.6 Å². The Morgan fingerprint density at radius 2 is 2.29 bits per heavy atom. The number of primary amides is 1. The van der Waals surface area contributed by atoms with Crippen LogP contribution in [0.25, 0.3) is 0 Å². The molecule has 0 heterocycles. The second-order valence-corrected chi connectivity index (χ2v) is 4.26. The quantitative estimate of drug-likeness (QED) is 0.663. The Kier molecular flexibility index (Phi) is 5.69. The van der Waals surface area contributed by atoms with E-state index in [4.69, 9.17) is 10.5 Å². The summed E-state index contributed by atoms with van der Waals surface area (Å²) in [5.74, 6) is -0.739. The van der Waals surface area contributed by atoms with Crippen molar-refractivity contribution in [3.63, 3.8) is 0 Å². The van der Waals surface area contributed by atoms with E-state index in [1.165, 1.54) is 13.5 Å². The van der Waals surface area contributed by atoms with Gasteiger partial charge in [0, 0.05) is 13.5 Å². The summed E-state index contributed by atoms with van der Waals surface area (Å²) in [5, 5.41) is 2.59. The van der Waals surface area contributed by atoms with Crippen LogP contribution >= 0.6 is 0 Å². The van der Waals surface area contributed by atoms with Crippen LogP contribution in [0.2, 0.25) is 0 Å². The minimum Gasteiger partial charge on any atom is -0.382 e. The highest BCUT2D eigenvalue weighted by atomic mass is 16.5. The van der Waals surface area contributed by atoms with E-state index in [0.29, 0.717) is 6.42 Å². The molecule has 1 aliphatic carbocycles. The van der Waals surface area contributed by atoms with Gasteiger partial charge in [0.15, 0.2) is 0 Å². The van der Waals surface area contributed by atoms with E-state index in [1.54, 1.807) is 0 Å². The summed E-state index contributed by atoms with van der Waals surface area (Å²) in [7, 11) is 1.46. The second-order valence-electron chi connectivity index (χ2n) is 4.26. The van der Waals surface area contributed by atoms with E-state index in [1.807, 2.05) is 0 Å². The Hall–Kier alpha value is -1.36. The lowest BCUT2D eigenvalue weighted by Gasteiger charge is -2.16. The lowest BCUT2D eigenvalue weighted by molar-refractivity contribution is -0.128. The molecule has 1 aliphatic rings. The fraction of sp³-hybridized carbons (Fsp3) is 0.667. The number of amides is 2. The summed E-state index contributed by atoms with van der Waals surface area (Å²) in [6, 6.07) is -0.739. The number of rotatable bonds is 6. The number of nitrogens with one attached hydrogen (secondary N) is 1. The molecule has 96 valence electrons. The Balaban J connectivity index is 2.41. The molecule has 5 heteroatoms. The van der Waals surface area contributed by atoms with E-state index in [2.05, 4.69) is 11.4 Å². The van der Waals surface area contributed by atoms with Gasteiger partial charge in [0.25, 0.3) is 0 Å². The zero-order valence-electron chi connectivity index (χ0n) is 10.2. The number of hydrogen-bond donors (Lipinski definition) is 2. The first-order valence-corrected chi connectivity index (χ1v) is 5.89. The predicted octanol–water partition coefficient (Wildman–Crippen LogP) is 0.493. The van der Waals surface area contributed by atoms with Crippen LogP contribution in [0.15, 0.2) is 11.6 Å². The van der Waals surface area contributed by atoms with Gasteiger partial charge >= 0.3 is 0 Å². The number of allylic oxidation sites excluding steroid dienone is 1. The fourth-order valence-corrected chi connectivity index (χ4v) is 1.88. The molecule has 0 spiro atoms. The van der Waals surface area contributed by atoms with E-state index in [-0.39, 0.29) is 12.5 Å². The SMILES string of the molecule is COC[C@@H](NC(=O)CC1=CCCCC1)C(N)=O. The molecule has 0 aromatic heterocycles. The normalized spacial score (nSPS) is 17.1. The van der Waals surface area contributed by atoms with Crippen LogP contribution in [-0.2, 0) is 14.3 Å². The molecule has 0 unspecified atom stereocenters. The van der Waals surface area contributed by atoms with Gasteiger partial charge in [0.1, 0.15) is 6.04 Å². The average Bonchev–Trinajstić information content (AvgIpc) is 2.29. The third kappa shape index (κ3) is 4.99. The molecule has 0 aromatic carbocycles. The predicted molar refractivity (Wildman–Crippen MR) is 64.2 cm³/mol. The molecule has 0 saturated carbocycles. The lowest BCUT2D eigenvalue weighted by Crippen LogP contribution is -2.47. The second kappa shape index (κ2) is 7.06. The monoisotopic (exact) mass is 240 g/mol. The third-order valence-electron chi connectivity index (χ3n) is 2.78. The number of hydrogen-bond acceptors (Lipinski definition) is 3. The highest BCUT2D eigenvalue weighted by molar-refractivity contribution is 5.87. The molecule has 5 nitrogen and oxygen atoms in total. The summed E-state index contributed by atoms with van der Waals surface area (Å²) in [6.45, 7) is 0.111. The topological polar surface area (TPSA) is 81.4 Å². The van der Waals surface area contributed by atoms with Crippen molar-refractivity contribution in [3.8, 4) is 0 Å². The fourth-order valence-electron chi connectivity index (χ4n) is 1.88. The number of carbonyl (C=O) groups is 2. The first kappa shape index (κ1) is 13.7. The third-order valence-corrected chi connectivity index (χ3v) is 2.78. The maximum Gasteiger partial charge on any atom is 0.242 e. The van der Waals surface area contributed by atoms with E-state index < -0.39 is 11.9 Å². The minimum absolute atomic E-state index is 0.111. The minimum atomic E-state index is -0.739. The zero-order valence-corrected chi connectivity index (χ0v) is 10.2. The lowest BCUT2D eigenvalue weighted by atomic mass is 9.97. The van der Waals surface area contributed by atoms with Crippen molar-refractivity contribution in [2.75, 3.05) is 13.7 Å². The van der Waals surface area contributed by atoms with Gasteiger partial charge in [-0.1, -0.05) is 11.6 Å². The summed E-state index contributed by atoms with van der Waals surface area (Å²) in [4.78, 5) is 22.7. The van der Waals surface area contributed by atoms with Gasteiger partial charge in [-0.25, -0.2) is 0 Å². The molecule has 0 fully saturated rings. The highest BCUT2D eigenvalue weighted by Crippen LogP contribution is 2.19. The van der Waals surface area contributed by atoms with Gasteiger partial charge in [-0.3, -0.25) is 9.59 Å². The average molecular weight is 240 g/mol. The van der Waals surface area contributed by atoms with E-state index >= 15 is 0 Å². The molecule has 0 saturated heterocycles. The van der Waals surface area contributed by atoms with Crippen molar-refractivity contribution in [2.45, 2.75) is 38.1 Å². The van der Waals surface area contributed by atoms with Crippen LogP contribution in [0.4, 0.5) is 0 Å². The summed E-state index contributed by atoms with van der Waals surface area (Å²) >= 11 is 0. The summed E-state index contributed by atoms with van der Waals surface area (Å²) in [5.41, 5.74) is 6.30. The van der Waals surface area contributed by atoms with Gasteiger partial charge in [0.2, 0.25) is 11.8 Å². The van der Waals surface area contributed by atoms with Crippen LogP contribution in [0.5, 0.6) is 0 Å². The number of ether oxygens (including phenoxy) is 1. The van der Waals surface area contributed by atoms with Crippen molar-refractivity contribution < 1.29 is 14.3 Å². The van der Waals surface area contributed by atoms with Crippen LogP contribution < -0.4 is 11.1 Å². The Bertz CT molecular complexity index is 313. The van der Waals surface area contributed by atoms with Gasteiger partial charge in [-0.05, 0) is 25.7 Å². The molecular weight excluding hydrogens is 220 g/mol. The number of methoxy groups -OCH3 is 1. The van der Waals surface area contributed by atoms with Crippen LogP contribution in [0, 0.1) is 0 Å². The maximum absolute atomic E-state index is 11.7. The summed E-state index contributed by atoms with van der Waals surface area (Å²) < 4.78 is 4.83. The molecule has 1 atom stereocenters. The summed E-state index contributed by atoms with van der Waals surface area (Å²) in [6.07, 6.45) is 6.81. The van der Waals surface area contributed by atoms with Gasteiger partial charge < -0.3 is 15.8 Å². The maximum atomic E-state index is 11.7. The molecule has 0 aromatic rings. The molecule has 2 amide bonds. The van der Waals surface area contributed by atoms with Gasteiger partial charge in [-0.2, -0.15) is 0 Å². The Labute approximate surface area is 101 Å². The van der Waals surface area contributed by atoms with E-state index in [0.717, 1.165) is 24.8 Å². The Morgan fingerprint density at radius 1 is 1.53 bits per heavy atom. The van der Waals surface area contributed by atoms with Crippen LogP contribution in [0.1, 0.15) is 32.1 Å². The van der Waals surface area contributed by atoms with Crippen LogP contribution in [-0.4, -0.2) is 31.6 Å². The standard InChI is InChI=1S/C12H20N2O3/c1-17-8-10(12(13)16)14-11(15)7-9-5-3-2-4-6-9/h5,10H,2-4,6-8H2,1H3,(H2,13,16)(H,14,15)/t10-/m1/s1.